The molecule has 2 aromatic rings. The molecule has 0 fully saturated rings. The summed E-state index contributed by atoms with van der Waals surface area (Å²) in [4.78, 5) is 4.72. The summed E-state index contributed by atoms with van der Waals surface area (Å²) in [5.41, 5.74) is 3.95. The first-order valence-corrected chi connectivity index (χ1v) is 6.28. The fraction of sp³-hybridized carbons (Fsp3) is 0.400. The number of hydrogen-bond donors (Lipinski definition) is 1. The lowest BCUT2D eigenvalue weighted by Crippen LogP contribution is -2.27. The van der Waals surface area contributed by atoms with Crippen LogP contribution < -0.4 is 5.32 Å². The largest absolute Gasteiger partial charge is 0.365 e. The van der Waals surface area contributed by atoms with Crippen LogP contribution in [-0.2, 0) is 12.8 Å². The van der Waals surface area contributed by atoms with E-state index in [1.54, 1.807) is 0 Å². The molecule has 1 aliphatic heterocycles. The van der Waals surface area contributed by atoms with E-state index in [1.807, 2.05) is 0 Å². The van der Waals surface area contributed by atoms with Gasteiger partial charge in [0.25, 0.3) is 0 Å². The van der Waals surface area contributed by atoms with Crippen LogP contribution in [0.2, 0.25) is 0 Å². The molecule has 2 heterocycles. The first kappa shape index (κ1) is 10.6. The molecule has 2 heteroatoms. The summed E-state index contributed by atoms with van der Waals surface area (Å²) < 4.78 is 0. The minimum absolute atomic E-state index is 0.139. The summed E-state index contributed by atoms with van der Waals surface area (Å²) in [6.45, 7) is 6.63. The van der Waals surface area contributed by atoms with Crippen LogP contribution in [0.15, 0.2) is 24.3 Å². The number of aryl methyl sites for hydroxylation is 1. The molecule has 2 nitrogen and oxygen atoms in total. The van der Waals surface area contributed by atoms with Gasteiger partial charge in [-0.1, -0.05) is 13.0 Å². The van der Waals surface area contributed by atoms with Crippen molar-refractivity contribution >= 4 is 16.7 Å². The van der Waals surface area contributed by atoms with Crippen molar-refractivity contribution in [1.29, 1.82) is 0 Å². The molecule has 1 aromatic carbocycles. The molecular formula is C15H18N2. The molecule has 88 valence electrons. The van der Waals surface area contributed by atoms with Gasteiger partial charge in [0.2, 0.25) is 0 Å². The molecule has 0 bridgehead atoms. The Labute approximate surface area is 102 Å². The smallest absolute Gasteiger partial charge is 0.130 e. The van der Waals surface area contributed by atoms with Gasteiger partial charge in [-0.3, -0.25) is 0 Å². The van der Waals surface area contributed by atoms with Gasteiger partial charge in [-0.05, 0) is 56.0 Å². The monoisotopic (exact) mass is 226 g/mol. The summed E-state index contributed by atoms with van der Waals surface area (Å²) in [5, 5.41) is 4.75. The fourth-order valence-electron chi connectivity index (χ4n) is 2.57. The second-order valence-electron chi connectivity index (χ2n) is 5.56. The van der Waals surface area contributed by atoms with Crippen LogP contribution in [0.3, 0.4) is 0 Å². The highest BCUT2D eigenvalue weighted by Crippen LogP contribution is 2.32. The summed E-state index contributed by atoms with van der Waals surface area (Å²) in [5.74, 6) is 1.06. The van der Waals surface area contributed by atoms with Crippen molar-refractivity contribution in [2.24, 2.45) is 0 Å². The third-order valence-electron chi connectivity index (χ3n) is 3.46. The van der Waals surface area contributed by atoms with Crippen molar-refractivity contribution in [2.45, 2.75) is 39.2 Å². The number of anilines is 1. The zero-order valence-corrected chi connectivity index (χ0v) is 10.7. The number of pyridine rings is 1. The van der Waals surface area contributed by atoms with Crippen LogP contribution in [-0.4, -0.2) is 10.5 Å². The highest BCUT2D eigenvalue weighted by atomic mass is 15.1. The number of rotatable bonds is 1. The molecule has 3 rings (SSSR count). The molecule has 1 N–H and O–H groups in total. The van der Waals surface area contributed by atoms with E-state index in [0.29, 0.717) is 0 Å². The third kappa shape index (κ3) is 1.78. The van der Waals surface area contributed by atoms with E-state index in [0.717, 1.165) is 24.2 Å². The molecule has 0 atom stereocenters. The zero-order valence-electron chi connectivity index (χ0n) is 10.7. The van der Waals surface area contributed by atoms with E-state index < -0.39 is 0 Å². The van der Waals surface area contributed by atoms with Crippen LogP contribution in [0.5, 0.6) is 0 Å². The van der Waals surface area contributed by atoms with E-state index in [2.05, 4.69) is 50.4 Å². The van der Waals surface area contributed by atoms with E-state index in [-0.39, 0.29) is 5.54 Å². The van der Waals surface area contributed by atoms with Gasteiger partial charge in [-0.15, -0.1) is 0 Å². The maximum Gasteiger partial charge on any atom is 0.130 e. The Morgan fingerprint density at radius 1 is 1.29 bits per heavy atom. The topological polar surface area (TPSA) is 24.9 Å². The van der Waals surface area contributed by atoms with Crippen molar-refractivity contribution in [1.82, 2.24) is 4.98 Å². The lowest BCUT2D eigenvalue weighted by molar-refractivity contribution is 0.593. The quantitative estimate of drug-likeness (QED) is 0.804. The molecular weight excluding hydrogens is 208 g/mol. The van der Waals surface area contributed by atoms with Crippen LogP contribution in [0.25, 0.3) is 10.9 Å². The van der Waals surface area contributed by atoms with Crippen molar-refractivity contribution in [3.05, 3.63) is 35.4 Å². The van der Waals surface area contributed by atoms with E-state index in [9.17, 15) is 0 Å². The average molecular weight is 226 g/mol. The van der Waals surface area contributed by atoms with Crippen molar-refractivity contribution < 1.29 is 0 Å². The molecule has 17 heavy (non-hydrogen) atoms. The second-order valence-corrected chi connectivity index (χ2v) is 5.56. The molecule has 1 aliphatic rings. The normalized spacial score (nSPS) is 16.9. The lowest BCUT2D eigenvalue weighted by Gasteiger charge is -2.17. The first-order valence-electron chi connectivity index (χ1n) is 6.28. The fourth-order valence-corrected chi connectivity index (χ4v) is 2.57. The second kappa shape index (κ2) is 3.46. The number of nitrogens with one attached hydrogen (secondary N) is 1. The van der Waals surface area contributed by atoms with Gasteiger partial charge in [-0.2, -0.15) is 0 Å². The summed E-state index contributed by atoms with van der Waals surface area (Å²) >= 11 is 0. The molecule has 0 saturated carbocycles. The van der Waals surface area contributed by atoms with Gasteiger partial charge in [-0.25, -0.2) is 4.98 Å². The van der Waals surface area contributed by atoms with Crippen LogP contribution in [0.4, 0.5) is 5.82 Å². The van der Waals surface area contributed by atoms with Crippen molar-refractivity contribution in [3.63, 3.8) is 0 Å². The van der Waals surface area contributed by atoms with E-state index in [4.69, 9.17) is 4.98 Å². The Kier molecular flexibility index (Phi) is 2.15. The minimum atomic E-state index is 0.139. The maximum atomic E-state index is 4.72. The highest BCUT2D eigenvalue weighted by molar-refractivity contribution is 5.83. The standard InChI is InChI=1S/C15H18N2/c1-4-10-5-6-13-11(7-10)8-12-9-15(2,3)17-14(12)16-13/h5-8H,4,9H2,1-3H3,(H,16,17). The molecule has 0 unspecified atom stereocenters. The van der Waals surface area contributed by atoms with Gasteiger partial charge >= 0.3 is 0 Å². The molecule has 0 aliphatic carbocycles. The van der Waals surface area contributed by atoms with Gasteiger partial charge in [0.1, 0.15) is 5.82 Å². The van der Waals surface area contributed by atoms with Gasteiger partial charge < -0.3 is 5.32 Å². The number of benzene rings is 1. The average Bonchev–Trinajstić information content (AvgIpc) is 2.57. The number of hydrogen-bond acceptors (Lipinski definition) is 2. The molecule has 0 spiro atoms. The molecule has 0 amide bonds. The zero-order chi connectivity index (χ0) is 12.0. The van der Waals surface area contributed by atoms with Crippen LogP contribution in [0.1, 0.15) is 31.9 Å². The predicted molar refractivity (Wildman–Crippen MR) is 72.5 cm³/mol. The third-order valence-corrected chi connectivity index (χ3v) is 3.46. The SMILES string of the molecule is CCc1ccc2nc3c(cc2c1)CC(C)(C)N3. The first-order chi connectivity index (χ1) is 8.07. The van der Waals surface area contributed by atoms with E-state index >= 15 is 0 Å². The minimum Gasteiger partial charge on any atom is -0.365 e. The van der Waals surface area contributed by atoms with Crippen molar-refractivity contribution in [3.8, 4) is 0 Å². The lowest BCUT2D eigenvalue weighted by atomic mass is 9.99. The van der Waals surface area contributed by atoms with Crippen LogP contribution >= 0.6 is 0 Å². The molecule has 0 saturated heterocycles. The van der Waals surface area contributed by atoms with Gasteiger partial charge in [0.15, 0.2) is 0 Å². The van der Waals surface area contributed by atoms with Gasteiger partial charge in [0.05, 0.1) is 5.52 Å². The highest BCUT2D eigenvalue weighted by Gasteiger charge is 2.28. The summed E-state index contributed by atoms with van der Waals surface area (Å²) in [6, 6.07) is 8.84. The Morgan fingerprint density at radius 2 is 2.12 bits per heavy atom. The van der Waals surface area contributed by atoms with Gasteiger partial charge in [0, 0.05) is 10.9 Å². The molecule has 0 radical (unpaired) electrons. The van der Waals surface area contributed by atoms with Crippen molar-refractivity contribution in [2.75, 3.05) is 5.32 Å². The summed E-state index contributed by atoms with van der Waals surface area (Å²) in [7, 11) is 0. The predicted octanol–water partition coefficient (Wildman–Crippen LogP) is 3.54. The Bertz CT molecular complexity index is 585. The molecule has 1 aromatic heterocycles. The van der Waals surface area contributed by atoms with Crippen LogP contribution in [0, 0.1) is 0 Å². The number of fused-ring (bicyclic) bond motifs is 2. The Morgan fingerprint density at radius 3 is 2.88 bits per heavy atom. The summed E-state index contributed by atoms with van der Waals surface area (Å²) in [6.07, 6.45) is 2.14. The Hall–Kier alpha value is -1.57. The number of aromatic nitrogens is 1. The Balaban J connectivity index is 2.16. The number of nitrogens with zero attached hydrogens (tertiary/aromatic N) is 1. The maximum absolute atomic E-state index is 4.72. The van der Waals surface area contributed by atoms with E-state index in [1.165, 1.54) is 16.5 Å².